The number of imide groups is 1. The van der Waals surface area contributed by atoms with Crippen LogP contribution in [0, 0.1) is 10.1 Å². The highest BCUT2D eigenvalue weighted by atomic mass is 32.2. The van der Waals surface area contributed by atoms with E-state index in [1.165, 1.54) is 12.1 Å². The van der Waals surface area contributed by atoms with Crippen LogP contribution in [-0.4, -0.2) is 38.0 Å². The van der Waals surface area contributed by atoms with Crippen molar-refractivity contribution in [2.24, 2.45) is 0 Å². The first-order valence-electron chi connectivity index (χ1n) is 12.3. The number of thioether (sulfide) groups is 1. The number of nitrogens with zero attached hydrogens (tertiary/aromatic N) is 3. The molecule has 2 heterocycles. The van der Waals surface area contributed by atoms with Gasteiger partial charge >= 0.3 is 0 Å². The van der Waals surface area contributed by atoms with E-state index >= 15 is 0 Å². The molecule has 196 valence electrons. The van der Waals surface area contributed by atoms with Crippen LogP contribution in [0.2, 0.25) is 0 Å². The van der Waals surface area contributed by atoms with Gasteiger partial charge in [0.05, 0.1) is 9.83 Å². The van der Waals surface area contributed by atoms with E-state index in [-0.39, 0.29) is 17.1 Å². The number of fused-ring (bicyclic) bond motifs is 1. The third-order valence-electron chi connectivity index (χ3n) is 6.43. The zero-order valence-corrected chi connectivity index (χ0v) is 21.8. The quantitative estimate of drug-likeness (QED) is 0.171. The number of carbonyl (C=O) groups excluding carboxylic acids is 3. The molecule has 0 bridgehead atoms. The Morgan fingerprint density at radius 1 is 1.00 bits per heavy atom. The van der Waals surface area contributed by atoms with E-state index in [4.69, 9.17) is 0 Å². The van der Waals surface area contributed by atoms with Crippen LogP contribution in [0.4, 0.5) is 16.2 Å². The molecule has 39 heavy (non-hydrogen) atoms. The maximum Gasteiger partial charge on any atom is 0.294 e. The number of anilines is 1. The number of para-hydroxylation sites is 1. The number of nitro groups is 1. The van der Waals surface area contributed by atoms with E-state index in [1.54, 1.807) is 30.3 Å². The molecule has 9 nitrogen and oxygen atoms in total. The molecule has 1 saturated heterocycles. The number of hydrogen-bond acceptors (Lipinski definition) is 6. The van der Waals surface area contributed by atoms with Gasteiger partial charge in [0.15, 0.2) is 0 Å². The maximum atomic E-state index is 13.1. The van der Waals surface area contributed by atoms with Crippen LogP contribution < -0.4 is 5.32 Å². The molecule has 3 amide bonds. The summed E-state index contributed by atoms with van der Waals surface area (Å²) in [5.74, 6) is -0.976. The third kappa shape index (κ3) is 5.60. The van der Waals surface area contributed by atoms with Gasteiger partial charge in [-0.05, 0) is 53.6 Å². The Morgan fingerprint density at radius 2 is 1.69 bits per heavy atom. The average molecular weight is 541 g/mol. The first-order valence-corrected chi connectivity index (χ1v) is 13.1. The molecule has 5 rings (SSSR count). The lowest BCUT2D eigenvalue weighted by atomic mass is 10.1. The molecule has 0 radical (unpaired) electrons. The Bertz CT molecular complexity index is 1620. The molecule has 0 atom stereocenters. The number of rotatable bonds is 8. The van der Waals surface area contributed by atoms with Crippen molar-refractivity contribution in [1.29, 1.82) is 0 Å². The van der Waals surface area contributed by atoms with Crippen LogP contribution in [0.15, 0.2) is 83.9 Å². The lowest BCUT2D eigenvalue weighted by Crippen LogP contribution is -2.36. The molecule has 0 saturated carbocycles. The SMILES string of the molecule is CCc1ccc(NC(=O)CN2C(=O)S/C(=C\c3cn(Cc4ccc([N+](=O)[O-])cc4)c4ccccc34)C2=O)cc1. The van der Waals surface area contributed by atoms with Crippen molar-refractivity contribution in [1.82, 2.24) is 9.47 Å². The fourth-order valence-corrected chi connectivity index (χ4v) is 5.22. The number of aryl methyl sites for hydroxylation is 1. The Labute approximate surface area is 228 Å². The predicted octanol–water partition coefficient (Wildman–Crippen LogP) is 5.84. The molecule has 0 spiro atoms. The van der Waals surface area contributed by atoms with E-state index in [1.807, 2.05) is 54.1 Å². The van der Waals surface area contributed by atoms with E-state index in [9.17, 15) is 24.5 Å². The van der Waals surface area contributed by atoms with E-state index in [2.05, 4.69) is 5.32 Å². The van der Waals surface area contributed by atoms with Crippen molar-refractivity contribution in [2.75, 3.05) is 11.9 Å². The van der Waals surface area contributed by atoms with Gasteiger partial charge in [0.2, 0.25) is 5.91 Å². The van der Waals surface area contributed by atoms with E-state index in [0.29, 0.717) is 12.2 Å². The lowest BCUT2D eigenvalue weighted by Gasteiger charge is -2.12. The molecule has 3 aromatic carbocycles. The Morgan fingerprint density at radius 3 is 2.38 bits per heavy atom. The molecule has 1 N–H and O–H groups in total. The number of hydrogen-bond donors (Lipinski definition) is 1. The molecule has 4 aromatic rings. The van der Waals surface area contributed by atoms with Crippen LogP contribution in [-0.2, 0) is 22.6 Å². The van der Waals surface area contributed by atoms with Crippen molar-refractivity contribution in [3.8, 4) is 0 Å². The van der Waals surface area contributed by atoms with Gasteiger partial charge in [-0.25, -0.2) is 0 Å². The third-order valence-corrected chi connectivity index (χ3v) is 7.33. The number of non-ortho nitro benzene ring substituents is 1. The summed E-state index contributed by atoms with van der Waals surface area (Å²) in [6.07, 6.45) is 4.43. The van der Waals surface area contributed by atoms with Gasteiger partial charge in [-0.2, -0.15) is 0 Å². The van der Waals surface area contributed by atoms with Crippen LogP contribution in [0.3, 0.4) is 0 Å². The molecule has 0 aliphatic carbocycles. The second-order valence-electron chi connectivity index (χ2n) is 9.02. The van der Waals surface area contributed by atoms with Crippen molar-refractivity contribution in [3.63, 3.8) is 0 Å². The molecule has 1 fully saturated rings. The fraction of sp³-hybridized carbons (Fsp3) is 0.138. The molecule has 1 aliphatic rings. The summed E-state index contributed by atoms with van der Waals surface area (Å²) in [6.45, 7) is 2.13. The standard InChI is InChI=1S/C29H24N4O5S/c1-2-19-7-11-22(12-8-19)30-27(34)18-32-28(35)26(39-29(32)36)15-21-17-31(25-6-4-3-5-24(21)25)16-20-9-13-23(14-10-20)33(37)38/h3-15,17H,2,16,18H2,1H3,(H,30,34)/b26-15-. The number of nitro benzene ring substituents is 1. The van der Waals surface area contributed by atoms with E-state index in [0.717, 1.165) is 50.7 Å². The Hall–Kier alpha value is -4.70. The zero-order valence-electron chi connectivity index (χ0n) is 21.0. The molecule has 0 unspecified atom stereocenters. The first kappa shape index (κ1) is 25.9. The highest BCUT2D eigenvalue weighted by Crippen LogP contribution is 2.34. The summed E-state index contributed by atoms with van der Waals surface area (Å²) in [5.41, 5.74) is 4.30. The van der Waals surface area contributed by atoms with Gasteiger partial charge in [0.25, 0.3) is 16.8 Å². The fourth-order valence-electron chi connectivity index (χ4n) is 4.39. The number of benzene rings is 3. The summed E-state index contributed by atoms with van der Waals surface area (Å²) in [4.78, 5) is 50.0. The minimum atomic E-state index is -0.520. The Balaban J connectivity index is 1.34. The number of aromatic nitrogens is 1. The molecule has 1 aliphatic heterocycles. The first-order chi connectivity index (χ1) is 18.8. The second kappa shape index (κ2) is 11.0. The number of carbonyl (C=O) groups is 3. The largest absolute Gasteiger partial charge is 0.342 e. The van der Waals surface area contributed by atoms with Gasteiger partial charge in [-0.15, -0.1) is 0 Å². The van der Waals surface area contributed by atoms with Crippen molar-refractivity contribution < 1.29 is 19.3 Å². The average Bonchev–Trinajstić information content (AvgIpc) is 3.41. The van der Waals surface area contributed by atoms with Gasteiger partial charge < -0.3 is 9.88 Å². The number of amides is 3. The second-order valence-corrected chi connectivity index (χ2v) is 10.0. The highest BCUT2D eigenvalue weighted by molar-refractivity contribution is 8.18. The topological polar surface area (TPSA) is 115 Å². The zero-order chi connectivity index (χ0) is 27.5. The Kier molecular flexibility index (Phi) is 7.29. The smallest absolute Gasteiger partial charge is 0.294 e. The minimum Gasteiger partial charge on any atom is -0.342 e. The summed E-state index contributed by atoms with van der Waals surface area (Å²) < 4.78 is 1.99. The summed E-state index contributed by atoms with van der Waals surface area (Å²) in [6, 6.07) is 21.4. The van der Waals surface area contributed by atoms with Crippen molar-refractivity contribution in [3.05, 3.63) is 111 Å². The number of nitrogens with one attached hydrogen (secondary N) is 1. The van der Waals surface area contributed by atoms with Crippen LogP contribution in [0.1, 0.15) is 23.6 Å². The monoisotopic (exact) mass is 540 g/mol. The van der Waals surface area contributed by atoms with Crippen LogP contribution in [0.5, 0.6) is 0 Å². The molecular weight excluding hydrogens is 516 g/mol. The summed E-state index contributed by atoms with van der Waals surface area (Å²) in [5, 5.41) is 14.1. The van der Waals surface area contributed by atoms with Crippen LogP contribution in [0.25, 0.3) is 17.0 Å². The molecule has 10 heteroatoms. The van der Waals surface area contributed by atoms with Gasteiger partial charge in [0.1, 0.15) is 6.54 Å². The molecule has 1 aromatic heterocycles. The summed E-state index contributed by atoms with van der Waals surface area (Å²) in [7, 11) is 0. The summed E-state index contributed by atoms with van der Waals surface area (Å²) >= 11 is 0.801. The predicted molar refractivity (Wildman–Crippen MR) is 151 cm³/mol. The van der Waals surface area contributed by atoms with E-state index < -0.39 is 22.0 Å². The normalized spacial score (nSPS) is 14.4. The van der Waals surface area contributed by atoms with Gasteiger partial charge in [-0.1, -0.05) is 49.4 Å². The minimum absolute atomic E-state index is 0.0237. The van der Waals surface area contributed by atoms with Crippen LogP contribution >= 0.6 is 11.8 Å². The maximum absolute atomic E-state index is 13.1. The van der Waals surface area contributed by atoms with Gasteiger partial charge in [-0.3, -0.25) is 29.4 Å². The molecular formula is C29H24N4O5S. The lowest BCUT2D eigenvalue weighted by molar-refractivity contribution is -0.384. The van der Waals surface area contributed by atoms with Gasteiger partial charge in [0, 0.05) is 47.0 Å². The van der Waals surface area contributed by atoms with Crippen molar-refractivity contribution in [2.45, 2.75) is 19.9 Å². The van der Waals surface area contributed by atoms with Crippen molar-refractivity contribution >= 4 is 57.2 Å². The highest BCUT2D eigenvalue weighted by Gasteiger charge is 2.36.